The first kappa shape index (κ1) is 17.8. The predicted octanol–water partition coefficient (Wildman–Crippen LogP) is 1.35. The minimum atomic E-state index is 0.0309. The van der Waals surface area contributed by atoms with E-state index in [-0.39, 0.29) is 5.91 Å². The van der Waals surface area contributed by atoms with Gasteiger partial charge in [-0.15, -0.1) is 0 Å². The molecule has 0 N–H and O–H groups in total. The lowest BCUT2D eigenvalue weighted by Gasteiger charge is -2.20. The quantitative estimate of drug-likeness (QED) is 0.792. The molecular formula is C18H28N6O. The highest BCUT2D eigenvalue weighted by molar-refractivity contribution is 5.99. The molecule has 1 aliphatic heterocycles. The zero-order valence-corrected chi connectivity index (χ0v) is 15.6. The van der Waals surface area contributed by atoms with Crippen LogP contribution in [0.15, 0.2) is 18.6 Å². The summed E-state index contributed by atoms with van der Waals surface area (Å²) in [6, 6.07) is 0.430. The zero-order chi connectivity index (χ0) is 18.0. The van der Waals surface area contributed by atoms with E-state index >= 15 is 0 Å². The van der Waals surface area contributed by atoms with Crippen LogP contribution in [0, 0.1) is 0 Å². The fraction of sp³-hybridized carbons (Fsp3) is 0.611. The molecule has 0 aromatic carbocycles. The number of hydrogen-bond donors (Lipinski definition) is 0. The summed E-state index contributed by atoms with van der Waals surface area (Å²) in [5.74, 6) is 0.0309. The SMILES string of the molecule is CCN(CC)Cc1cnc2c(C(=O)N3CC[C@H](N(C)C)C3)cnn2c1. The van der Waals surface area contributed by atoms with Crippen molar-refractivity contribution in [1.29, 1.82) is 0 Å². The molecule has 0 unspecified atom stereocenters. The van der Waals surface area contributed by atoms with Gasteiger partial charge in [0.05, 0.1) is 6.20 Å². The van der Waals surface area contributed by atoms with Crippen molar-refractivity contribution in [1.82, 2.24) is 29.3 Å². The van der Waals surface area contributed by atoms with Gasteiger partial charge in [0.2, 0.25) is 0 Å². The molecule has 1 amide bonds. The van der Waals surface area contributed by atoms with Gasteiger partial charge in [0.15, 0.2) is 5.65 Å². The molecule has 3 rings (SSSR count). The van der Waals surface area contributed by atoms with E-state index < -0.39 is 0 Å². The summed E-state index contributed by atoms with van der Waals surface area (Å²) >= 11 is 0. The molecule has 2 aromatic rings. The number of aromatic nitrogens is 3. The summed E-state index contributed by atoms with van der Waals surface area (Å²) < 4.78 is 1.73. The van der Waals surface area contributed by atoms with E-state index in [1.807, 2.05) is 17.3 Å². The van der Waals surface area contributed by atoms with Gasteiger partial charge in [-0.25, -0.2) is 9.50 Å². The first-order chi connectivity index (χ1) is 12.0. The van der Waals surface area contributed by atoms with Gasteiger partial charge in [0, 0.05) is 43.6 Å². The van der Waals surface area contributed by atoms with Crippen LogP contribution in [-0.4, -0.2) is 81.5 Å². The monoisotopic (exact) mass is 344 g/mol. The molecule has 1 atom stereocenters. The molecule has 0 bridgehead atoms. The number of amides is 1. The molecule has 3 heterocycles. The van der Waals surface area contributed by atoms with Crippen LogP contribution in [-0.2, 0) is 6.54 Å². The smallest absolute Gasteiger partial charge is 0.259 e. The molecule has 7 heteroatoms. The maximum atomic E-state index is 12.9. The van der Waals surface area contributed by atoms with Crippen molar-refractivity contribution in [2.75, 3.05) is 40.3 Å². The molecule has 7 nitrogen and oxygen atoms in total. The maximum absolute atomic E-state index is 12.9. The molecule has 1 aliphatic rings. The number of fused-ring (bicyclic) bond motifs is 1. The summed E-state index contributed by atoms with van der Waals surface area (Å²) in [5, 5.41) is 4.36. The molecule has 2 aromatic heterocycles. The van der Waals surface area contributed by atoms with Crippen molar-refractivity contribution in [3.63, 3.8) is 0 Å². The zero-order valence-electron chi connectivity index (χ0n) is 15.6. The van der Waals surface area contributed by atoms with Crippen molar-refractivity contribution >= 4 is 11.6 Å². The Bertz CT molecular complexity index is 736. The molecule has 0 aliphatic carbocycles. The van der Waals surface area contributed by atoms with Gasteiger partial charge in [-0.1, -0.05) is 13.8 Å². The van der Waals surface area contributed by atoms with E-state index in [1.165, 1.54) is 0 Å². The summed E-state index contributed by atoms with van der Waals surface area (Å²) in [4.78, 5) is 23.8. The third-order valence-corrected chi connectivity index (χ3v) is 5.12. The molecule has 1 saturated heterocycles. The van der Waals surface area contributed by atoms with Gasteiger partial charge in [-0.3, -0.25) is 9.69 Å². The Kier molecular flexibility index (Phi) is 5.34. The second-order valence-electron chi connectivity index (χ2n) is 6.91. The Morgan fingerprint density at radius 1 is 1.28 bits per heavy atom. The molecule has 25 heavy (non-hydrogen) atoms. The standard InChI is InChI=1S/C18H28N6O/c1-5-22(6-2)11-14-9-19-17-16(10-20-24(17)12-14)18(25)23-8-7-15(13-23)21(3)4/h9-10,12,15H,5-8,11,13H2,1-4H3/t15-/m0/s1. The number of carbonyl (C=O) groups excluding carboxylic acids is 1. The Hall–Kier alpha value is -1.99. The minimum Gasteiger partial charge on any atom is -0.337 e. The van der Waals surface area contributed by atoms with Crippen molar-refractivity contribution in [3.8, 4) is 0 Å². The summed E-state index contributed by atoms with van der Waals surface area (Å²) in [6.07, 6.45) is 6.50. The highest BCUT2D eigenvalue weighted by atomic mass is 16.2. The van der Waals surface area contributed by atoms with Gasteiger partial charge in [-0.05, 0) is 33.6 Å². The van der Waals surface area contributed by atoms with Gasteiger partial charge in [0.25, 0.3) is 5.91 Å². The van der Waals surface area contributed by atoms with E-state index in [9.17, 15) is 4.79 Å². The van der Waals surface area contributed by atoms with Crippen molar-refractivity contribution in [2.45, 2.75) is 32.9 Å². The number of carbonyl (C=O) groups is 1. The Morgan fingerprint density at radius 2 is 2.04 bits per heavy atom. The maximum Gasteiger partial charge on any atom is 0.259 e. The van der Waals surface area contributed by atoms with Crippen LogP contribution in [0.2, 0.25) is 0 Å². The molecule has 1 fully saturated rings. The van der Waals surface area contributed by atoms with Gasteiger partial charge in [0.1, 0.15) is 5.56 Å². The molecule has 0 saturated carbocycles. The van der Waals surface area contributed by atoms with E-state index in [1.54, 1.807) is 10.7 Å². The Labute approximate surface area is 149 Å². The van der Waals surface area contributed by atoms with Crippen LogP contribution >= 0.6 is 0 Å². The Balaban J connectivity index is 1.78. The first-order valence-electron chi connectivity index (χ1n) is 9.03. The lowest BCUT2D eigenvalue weighted by atomic mass is 10.2. The fourth-order valence-electron chi connectivity index (χ4n) is 3.37. The first-order valence-corrected chi connectivity index (χ1v) is 9.03. The average Bonchev–Trinajstić information content (AvgIpc) is 3.26. The van der Waals surface area contributed by atoms with Crippen LogP contribution in [0.1, 0.15) is 36.2 Å². The minimum absolute atomic E-state index is 0.0309. The fourth-order valence-corrected chi connectivity index (χ4v) is 3.37. The highest BCUT2D eigenvalue weighted by Crippen LogP contribution is 2.18. The third-order valence-electron chi connectivity index (χ3n) is 5.12. The third kappa shape index (κ3) is 3.67. The number of nitrogens with zero attached hydrogens (tertiary/aromatic N) is 6. The number of likely N-dealkylation sites (tertiary alicyclic amines) is 1. The molecular weight excluding hydrogens is 316 g/mol. The van der Waals surface area contributed by atoms with E-state index in [2.05, 4.69) is 47.8 Å². The van der Waals surface area contributed by atoms with E-state index in [0.29, 0.717) is 17.3 Å². The summed E-state index contributed by atoms with van der Waals surface area (Å²) in [5.41, 5.74) is 2.34. The van der Waals surface area contributed by atoms with Crippen LogP contribution < -0.4 is 0 Å². The topological polar surface area (TPSA) is 57.0 Å². The summed E-state index contributed by atoms with van der Waals surface area (Å²) in [6.45, 7) is 8.70. The van der Waals surface area contributed by atoms with Gasteiger partial charge >= 0.3 is 0 Å². The lowest BCUT2D eigenvalue weighted by Crippen LogP contribution is -2.34. The van der Waals surface area contributed by atoms with Crippen molar-refractivity contribution in [3.05, 3.63) is 29.7 Å². The van der Waals surface area contributed by atoms with Crippen LogP contribution in [0.4, 0.5) is 0 Å². The second kappa shape index (κ2) is 7.49. The largest absolute Gasteiger partial charge is 0.337 e. The van der Waals surface area contributed by atoms with Crippen LogP contribution in [0.5, 0.6) is 0 Å². The second-order valence-corrected chi connectivity index (χ2v) is 6.91. The molecule has 0 spiro atoms. The van der Waals surface area contributed by atoms with Crippen molar-refractivity contribution < 1.29 is 4.79 Å². The number of likely N-dealkylation sites (N-methyl/N-ethyl adjacent to an activating group) is 1. The predicted molar refractivity (Wildman–Crippen MR) is 97.6 cm³/mol. The highest BCUT2D eigenvalue weighted by Gasteiger charge is 2.29. The van der Waals surface area contributed by atoms with Gasteiger partial charge < -0.3 is 9.80 Å². The lowest BCUT2D eigenvalue weighted by molar-refractivity contribution is 0.0784. The van der Waals surface area contributed by atoms with E-state index in [4.69, 9.17) is 0 Å². The van der Waals surface area contributed by atoms with Crippen LogP contribution in [0.3, 0.4) is 0 Å². The molecule has 0 radical (unpaired) electrons. The Morgan fingerprint density at radius 3 is 2.68 bits per heavy atom. The summed E-state index contributed by atoms with van der Waals surface area (Å²) in [7, 11) is 4.12. The van der Waals surface area contributed by atoms with E-state index in [0.717, 1.165) is 44.7 Å². The normalized spacial score (nSPS) is 18.0. The molecule has 136 valence electrons. The number of hydrogen-bond acceptors (Lipinski definition) is 5. The number of rotatable bonds is 6. The van der Waals surface area contributed by atoms with Crippen LogP contribution in [0.25, 0.3) is 5.65 Å². The van der Waals surface area contributed by atoms with Gasteiger partial charge in [-0.2, -0.15) is 5.10 Å². The average molecular weight is 344 g/mol. The van der Waals surface area contributed by atoms with Crippen molar-refractivity contribution in [2.24, 2.45) is 0 Å².